The van der Waals surface area contributed by atoms with Crippen LogP contribution in [0.25, 0.3) is 0 Å². The van der Waals surface area contributed by atoms with E-state index in [0.717, 1.165) is 19.5 Å². The van der Waals surface area contributed by atoms with Crippen molar-refractivity contribution in [3.05, 3.63) is 0 Å². The molecule has 0 aromatic heterocycles. The predicted octanol–water partition coefficient (Wildman–Crippen LogP) is 2.52. The highest BCUT2D eigenvalue weighted by Gasteiger charge is 2.23. The molecule has 0 saturated carbocycles. The van der Waals surface area contributed by atoms with Gasteiger partial charge in [0.05, 0.1) is 0 Å². The molecule has 0 atom stereocenters. The molecule has 3 nitrogen and oxygen atoms in total. The second-order valence-electron chi connectivity index (χ2n) is 4.19. The topological polar surface area (TPSA) is 50.4 Å². The monoisotopic (exact) mass is 213 g/mol. The Kier molecular flexibility index (Phi) is 7.18. The quantitative estimate of drug-likeness (QED) is 0.504. The van der Waals surface area contributed by atoms with E-state index in [1.54, 1.807) is 0 Å². The molecule has 0 aliphatic carbocycles. The van der Waals surface area contributed by atoms with Gasteiger partial charge in [-0.25, -0.2) is 0 Å². The molecule has 0 aliphatic rings. The van der Waals surface area contributed by atoms with Crippen molar-refractivity contribution in [2.75, 3.05) is 13.1 Å². The van der Waals surface area contributed by atoms with E-state index in [0.29, 0.717) is 11.4 Å². The molecule has 0 spiro atoms. The number of hydrogen-bond donors (Lipinski definition) is 2. The minimum absolute atomic E-state index is 0.346. The molecule has 0 unspecified atom stereocenters. The molecule has 0 bridgehead atoms. The van der Waals surface area contributed by atoms with Crippen LogP contribution in [0.15, 0.2) is 4.99 Å². The Labute approximate surface area is 94.5 Å². The molecule has 0 aromatic carbocycles. The standard InChI is InChI=1S/C12H27N3/c1-5-9-14-11(13)15-10-12(6-2,7-3)8-4/h5-10H2,1-4H3,(H3,13,14,15). The molecule has 0 heterocycles. The number of nitrogens with two attached hydrogens (primary N) is 1. The Morgan fingerprint density at radius 1 is 1.13 bits per heavy atom. The maximum absolute atomic E-state index is 5.77. The van der Waals surface area contributed by atoms with Gasteiger partial charge in [0.15, 0.2) is 5.96 Å². The summed E-state index contributed by atoms with van der Waals surface area (Å²) in [6.07, 6.45) is 4.59. The lowest BCUT2D eigenvalue weighted by Crippen LogP contribution is -2.34. The van der Waals surface area contributed by atoms with E-state index in [9.17, 15) is 0 Å². The van der Waals surface area contributed by atoms with Crippen molar-refractivity contribution < 1.29 is 0 Å². The molecule has 0 amide bonds. The van der Waals surface area contributed by atoms with Crippen LogP contribution in [0.4, 0.5) is 0 Å². The van der Waals surface area contributed by atoms with Crippen LogP contribution in [0.2, 0.25) is 0 Å². The van der Waals surface area contributed by atoms with Crippen molar-refractivity contribution in [2.45, 2.75) is 53.4 Å². The summed E-state index contributed by atoms with van der Waals surface area (Å²) in [4.78, 5) is 4.43. The van der Waals surface area contributed by atoms with Crippen molar-refractivity contribution in [3.8, 4) is 0 Å². The maximum Gasteiger partial charge on any atom is 0.188 e. The lowest BCUT2D eigenvalue weighted by molar-refractivity contribution is 0.263. The van der Waals surface area contributed by atoms with Crippen LogP contribution in [0.5, 0.6) is 0 Å². The lowest BCUT2D eigenvalue weighted by Gasteiger charge is -2.28. The van der Waals surface area contributed by atoms with E-state index in [1.807, 2.05) is 0 Å². The van der Waals surface area contributed by atoms with E-state index >= 15 is 0 Å². The highest BCUT2D eigenvalue weighted by Crippen LogP contribution is 2.30. The van der Waals surface area contributed by atoms with Gasteiger partial charge in [0, 0.05) is 13.1 Å². The van der Waals surface area contributed by atoms with Gasteiger partial charge in [-0.1, -0.05) is 27.7 Å². The van der Waals surface area contributed by atoms with Crippen LogP contribution in [-0.4, -0.2) is 19.0 Å². The maximum atomic E-state index is 5.77. The van der Waals surface area contributed by atoms with Gasteiger partial charge in [-0.3, -0.25) is 4.99 Å². The highest BCUT2D eigenvalue weighted by atomic mass is 15.1. The van der Waals surface area contributed by atoms with E-state index in [-0.39, 0.29) is 0 Å². The Hall–Kier alpha value is -0.730. The number of nitrogens with zero attached hydrogens (tertiary/aromatic N) is 1. The average Bonchev–Trinajstić information content (AvgIpc) is 2.29. The van der Waals surface area contributed by atoms with Crippen molar-refractivity contribution in [3.63, 3.8) is 0 Å². The summed E-state index contributed by atoms with van der Waals surface area (Å²) in [6.45, 7) is 10.6. The Morgan fingerprint density at radius 2 is 1.67 bits per heavy atom. The zero-order valence-electron chi connectivity index (χ0n) is 10.8. The number of hydrogen-bond acceptors (Lipinski definition) is 1. The smallest absolute Gasteiger partial charge is 0.188 e. The molecule has 0 aliphatic heterocycles. The van der Waals surface area contributed by atoms with Gasteiger partial charge in [-0.05, 0) is 31.1 Å². The van der Waals surface area contributed by atoms with Crippen LogP contribution in [-0.2, 0) is 0 Å². The van der Waals surface area contributed by atoms with Crippen LogP contribution < -0.4 is 11.1 Å². The van der Waals surface area contributed by atoms with Crippen LogP contribution in [0.1, 0.15) is 53.4 Å². The molecule has 0 saturated heterocycles. The van der Waals surface area contributed by atoms with Crippen molar-refractivity contribution in [1.82, 2.24) is 5.32 Å². The highest BCUT2D eigenvalue weighted by molar-refractivity contribution is 5.77. The van der Waals surface area contributed by atoms with Gasteiger partial charge in [0.2, 0.25) is 0 Å². The van der Waals surface area contributed by atoms with Crippen LogP contribution in [0.3, 0.4) is 0 Å². The third-order valence-electron chi connectivity index (χ3n) is 3.39. The molecule has 0 rings (SSSR count). The first-order valence-corrected chi connectivity index (χ1v) is 6.17. The fourth-order valence-corrected chi connectivity index (χ4v) is 1.65. The molecular weight excluding hydrogens is 186 g/mol. The SMILES string of the molecule is CCCNC(N)=NCC(CC)(CC)CC. The summed E-state index contributed by atoms with van der Waals surface area (Å²) in [7, 11) is 0. The van der Waals surface area contributed by atoms with E-state index in [4.69, 9.17) is 5.73 Å². The molecule has 3 heteroatoms. The fraction of sp³-hybridized carbons (Fsp3) is 0.917. The van der Waals surface area contributed by atoms with Crippen LogP contribution in [0, 0.1) is 5.41 Å². The van der Waals surface area contributed by atoms with Crippen molar-refractivity contribution >= 4 is 5.96 Å². The minimum atomic E-state index is 0.346. The van der Waals surface area contributed by atoms with Gasteiger partial charge in [-0.2, -0.15) is 0 Å². The van der Waals surface area contributed by atoms with Gasteiger partial charge >= 0.3 is 0 Å². The van der Waals surface area contributed by atoms with Gasteiger partial charge in [0.1, 0.15) is 0 Å². The second-order valence-corrected chi connectivity index (χ2v) is 4.19. The number of aliphatic imine (C=N–C) groups is 1. The molecule has 0 fully saturated rings. The van der Waals surface area contributed by atoms with Gasteiger partial charge in [-0.15, -0.1) is 0 Å². The number of rotatable bonds is 7. The molecule has 15 heavy (non-hydrogen) atoms. The summed E-state index contributed by atoms with van der Waals surface area (Å²) >= 11 is 0. The summed E-state index contributed by atoms with van der Waals surface area (Å²) in [5, 5.41) is 3.10. The zero-order chi connectivity index (χ0) is 11.7. The summed E-state index contributed by atoms with van der Waals surface area (Å²) < 4.78 is 0. The Balaban J connectivity index is 4.18. The first-order chi connectivity index (χ1) is 7.14. The van der Waals surface area contributed by atoms with Crippen molar-refractivity contribution in [2.24, 2.45) is 16.1 Å². The van der Waals surface area contributed by atoms with Gasteiger partial charge in [0.25, 0.3) is 0 Å². The third-order valence-corrected chi connectivity index (χ3v) is 3.39. The van der Waals surface area contributed by atoms with Crippen molar-refractivity contribution in [1.29, 1.82) is 0 Å². The Morgan fingerprint density at radius 3 is 2.07 bits per heavy atom. The molecule has 0 radical (unpaired) electrons. The first kappa shape index (κ1) is 14.3. The predicted molar refractivity (Wildman–Crippen MR) is 68.1 cm³/mol. The second kappa shape index (κ2) is 7.55. The molecular formula is C12H27N3. The largest absolute Gasteiger partial charge is 0.370 e. The van der Waals surface area contributed by atoms with E-state index in [2.05, 4.69) is 38.0 Å². The van der Waals surface area contributed by atoms with E-state index in [1.165, 1.54) is 19.3 Å². The minimum Gasteiger partial charge on any atom is -0.370 e. The van der Waals surface area contributed by atoms with Gasteiger partial charge < -0.3 is 11.1 Å². The third kappa shape index (κ3) is 5.05. The summed E-state index contributed by atoms with van der Waals surface area (Å²) in [5.41, 5.74) is 6.12. The Bertz CT molecular complexity index is 175. The number of guanidine groups is 1. The van der Waals surface area contributed by atoms with E-state index < -0.39 is 0 Å². The molecule has 90 valence electrons. The van der Waals surface area contributed by atoms with Crippen LogP contribution >= 0.6 is 0 Å². The zero-order valence-corrected chi connectivity index (χ0v) is 10.8. The summed E-state index contributed by atoms with van der Waals surface area (Å²) in [6, 6.07) is 0. The molecule has 3 N–H and O–H groups in total. The molecule has 0 aromatic rings. The lowest BCUT2D eigenvalue weighted by atomic mass is 9.80. The summed E-state index contributed by atoms with van der Waals surface area (Å²) in [5.74, 6) is 0.594. The number of nitrogens with one attached hydrogen (secondary N) is 1. The first-order valence-electron chi connectivity index (χ1n) is 6.17. The fourth-order valence-electron chi connectivity index (χ4n) is 1.65. The normalized spacial score (nSPS) is 12.9. The average molecular weight is 213 g/mol.